The Bertz CT molecular complexity index is 527. The third-order valence-electron chi connectivity index (χ3n) is 2.80. The van der Waals surface area contributed by atoms with Gasteiger partial charge in [0.25, 0.3) is 0 Å². The molecule has 0 amide bonds. The molecule has 5 nitrogen and oxygen atoms in total. The lowest BCUT2D eigenvalue weighted by Crippen LogP contribution is -2.25. The molecule has 6 heteroatoms. The number of unbranched alkanes of at least 4 members (excludes halogenated alkanes) is 1. The van der Waals surface area contributed by atoms with Gasteiger partial charge in [0.15, 0.2) is 0 Å². The Morgan fingerprint density at radius 1 is 1.30 bits per heavy atom. The number of rotatable bonds is 8. The van der Waals surface area contributed by atoms with Crippen molar-refractivity contribution in [3.63, 3.8) is 0 Å². The molecular weight excluding hydrogens is 276 g/mol. The minimum absolute atomic E-state index is 0.212. The molecule has 0 bridgehead atoms. The van der Waals surface area contributed by atoms with Crippen molar-refractivity contribution in [2.45, 2.75) is 44.6 Å². The fourth-order valence-corrected chi connectivity index (χ4v) is 3.10. The van der Waals surface area contributed by atoms with Gasteiger partial charge in [0.1, 0.15) is 0 Å². The molecule has 0 saturated heterocycles. The van der Waals surface area contributed by atoms with Gasteiger partial charge in [0, 0.05) is 18.8 Å². The summed E-state index contributed by atoms with van der Waals surface area (Å²) in [5, 5.41) is 0. The van der Waals surface area contributed by atoms with Crippen LogP contribution in [0.3, 0.4) is 0 Å². The highest BCUT2D eigenvalue weighted by Crippen LogP contribution is 2.17. The molecule has 1 aromatic carbocycles. The van der Waals surface area contributed by atoms with Crippen molar-refractivity contribution < 1.29 is 13.2 Å². The summed E-state index contributed by atoms with van der Waals surface area (Å²) in [5.41, 5.74) is 6.84. The van der Waals surface area contributed by atoms with Gasteiger partial charge in [-0.2, -0.15) is 0 Å². The van der Waals surface area contributed by atoms with Crippen molar-refractivity contribution in [1.82, 2.24) is 4.72 Å². The Kier molecular flexibility index (Phi) is 6.45. The van der Waals surface area contributed by atoms with Gasteiger partial charge in [-0.1, -0.05) is 0 Å². The van der Waals surface area contributed by atoms with E-state index in [1.807, 2.05) is 13.8 Å². The molecule has 0 aliphatic rings. The van der Waals surface area contributed by atoms with Crippen LogP contribution in [0.4, 0.5) is 5.69 Å². The first kappa shape index (κ1) is 16.9. The predicted octanol–water partition coefficient (Wildman–Crippen LogP) is 2.06. The average Bonchev–Trinajstić information content (AvgIpc) is 2.32. The molecule has 3 N–H and O–H groups in total. The van der Waals surface area contributed by atoms with E-state index < -0.39 is 10.0 Å². The van der Waals surface area contributed by atoms with Crippen LogP contribution in [0.25, 0.3) is 0 Å². The zero-order valence-corrected chi connectivity index (χ0v) is 13.2. The predicted molar refractivity (Wildman–Crippen MR) is 81.1 cm³/mol. The third kappa shape index (κ3) is 5.48. The van der Waals surface area contributed by atoms with E-state index in [0.29, 0.717) is 24.4 Å². The topological polar surface area (TPSA) is 81.4 Å². The van der Waals surface area contributed by atoms with Crippen molar-refractivity contribution in [3.8, 4) is 0 Å². The fraction of sp³-hybridized carbons (Fsp3) is 0.571. The Morgan fingerprint density at radius 3 is 2.60 bits per heavy atom. The number of anilines is 1. The number of sulfonamides is 1. The van der Waals surface area contributed by atoms with Crippen LogP contribution in [0.5, 0.6) is 0 Å². The first-order valence-corrected chi connectivity index (χ1v) is 8.28. The number of hydrogen-bond acceptors (Lipinski definition) is 4. The normalized spacial score (nSPS) is 12.0. The molecule has 0 fully saturated rings. The third-order valence-corrected chi connectivity index (χ3v) is 4.42. The molecule has 1 rings (SSSR count). The molecule has 0 heterocycles. The molecule has 1 aromatic rings. The SMILES string of the molecule is Cc1cc(N)ccc1S(=O)(=O)NCCCCOC(C)C. The second-order valence-electron chi connectivity index (χ2n) is 5.05. The van der Waals surface area contributed by atoms with E-state index in [1.165, 1.54) is 6.07 Å². The van der Waals surface area contributed by atoms with Gasteiger partial charge >= 0.3 is 0 Å². The minimum atomic E-state index is -3.46. The summed E-state index contributed by atoms with van der Waals surface area (Å²) in [5.74, 6) is 0. The highest BCUT2D eigenvalue weighted by molar-refractivity contribution is 7.89. The summed E-state index contributed by atoms with van der Waals surface area (Å²) in [7, 11) is -3.46. The number of ether oxygens (including phenoxy) is 1. The molecule has 0 unspecified atom stereocenters. The summed E-state index contributed by atoms with van der Waals surface area (Å²) in [4.78, 5) is 0.283. The second-order valence-corrected chi connectivity index (χ2v) is 6.78. The zero-order chi connectivity index (χ0) is 15.2. The number of benzene rings is 1. The van der Waals surface area contributed by atoms with Gasteiger partial charge in [0.2, 0.25) is 10.0 Å². The van der Waals surface area contributed by atoms with Crippen LogP contribution in [0.2, 0.25) is 0 Å². The lowest BCUT2D eigenvalue weighted by atomic mass is 10.2. The van der Waals surface area contributed by atoms with E-state index in [1.54, 1.807) is 19.1 Å². The maximum absolute atomic E-state index is 12.1. The van der Waals surface area contributed by atoms with Gasteiger partial charge in [-0.05, 0) is 57.4 Å². The van der Waals surface area contributed by atoms with Crippen LogP contribution in [0.15, 0.2) is 23.1 Å². The summed E-state index contributed by atoms with van der Waals surface area (Å²) in [6.07, 6.45) is 1.80. The Hall–Kier alpha value is -1.11. The first-order valence-electron chi connectivity index (χ1n) is 6.80. The van der Waals surface area contributed by atoms with Crippen molar-refractivity contribution in [2.24, 2.45) is 0 Å². The lowest BCUT2D eigenvalue weighted by molar-refractivity contribution is 0.0762. The number of nitrogen functional groups attached to an aromatic ring is 1. The van der Waals surface area contributed by atoms with E-state index in [9.17, 15) is 8.42 Å². The monoisotopic (exact) mass is 300 g/mol. The van der Waals surface area contributed by atoms with E-state index in [4.69, 9.17) is 10.5 Å². The molecule has 0 aliphatic carbocycles. The Balaban J connectivity index is 2.46. The highest BCUT2D eigenvalue weighted by atomic mass is 32.2. The van der Waals surface area contributed by atoms with Crippen LogP contribution in [0.1, 0.15) is 32.3 Å². The number of nitrogens with one attached hydrogen (secondary N) is 1. The van der Waals surface area contributed by atoms with E-state index in [-0.39, 0.29) is 11.0 Å². The lowest BCUT2D eigenvalue weighted by Gasteiger charge is -2.10. The Morgan fingerprint density at radius 2 is 2.00 bits per heavy atom. The standard InChI is InChI=1S/C14H24N2O3S/c1-11(2)19-9-5-4-8-16-20(17,18)14-7-6-13(15)10-12(14)3/h6-7,10-11,16H,4-5,8-9,15H2,1-3H3. The summed E-state index contributed by atoms with van der Waals surface area (Å²) in [6, 6.07) is 4.79. The molecule has 0 atom stereocenters. The van der Waals surface area contributed by atoms with Crippen molar-refractivity contribution in [2.75, 3.05) is 18.9 Å². The maximum atomic E-state index is 12.1. The number of hydrogen-bond donors (Lipinski definition) is 2. The summed E-state index contributed by atoms with van der Waals surface area (Å²) in [6.45, 7) is 6.76. The van der Waals surface area contributed by atoms with E-state index in [0.717, 1.165) is 12.8 Å². The highest BCUT2D eigenvalue weighted by Gasteiger charge is 2.15. The van der Waals surface area contributed by atoms with Crippen molar-refractivity contribution in [1.29, 1.82) is 0 Å². The van der Waals surface area contributed by atoms with E-state index >= 15 is 0 Å². The van der Waals surface area contributed by atoms with Gasteiger partial charge in [-0.15, -0.1) is 0 Å². The number of aryl methyl sites for hydroxylation is 1. The van der Waals surface area contributed by atoms with Gasteiger partial charge in [-0.25, -0.2) is 13.1 Å². The van der Waals surface area contributed by atoms with Crippen molar-refractivity contribution in [3.05, 3.63) is 23.8 Å². The second kappa shape index (κ2) is 7.61. The van der Waals surface area contributed by atoms with Gasteiger partial charge < -0.3 is 10.5 Å². The molecule has 0 aromatic heterocycles. The van der Waals surface area contributed by atoms with Gasteiger partial charge in [0.05, 0.1) is 11.0 Å². The quantitative estimate of drug-likeness (QED) is 0.569. The van der Waals surface area contributed by atoms with Gasteiger partial charge in [-0.3, -0.25) is 0 Å². The van der Waals surface area contributed by atoms with Crippen LogP contribution < -0.4 is 10.5 Å². The minimum Gasteiger partial charge on any atom is -0.399 e. The fourth-order valence-electron chi connectivity index (χ4n) is 1.80. The molecule has 0 spiro atoms. The summed E-state index contributed by atoms with van der Waals surface area (Å²) >= 11 is 0. The molecule has 20 heavy (non-hydrogen) atoms. The summed E-state index contributed by atoms with van der Waals surface area (Å²) < 4.78 is 32.2. The van der Waals surface area contributed by atoms with Crippen LogP contribution in [-0.4, -0.2) is 27.7 Å². The molecular formula is C14H24N2O3S. The molecule has 0 aliphatic heterocycles. The largest absolute Gasteiger partial charge is 0.399 e. The van der Waals surface area contributed by atoms with Crippen LogP contribution in [0, 0.1) is 6.92 Å². The molecule has 114 valence electrons. The molecule has 0 radical (unpaired) electrons. The first-order chi connectivity index (χ1) is 9.33. The number of nitrogens with two attached hydrogens (primary N) is 1. The van der Waals surface area contributed by atoms with E-state index in [2.05, 4.69) is 4.72 Å². The average molecular weight is 300 g/mol. The maximum Gasteiger partial charge on any atom is 0.240 e. The van der Waals surface area contributed by atoms with Crippen LogP contribution >= 0.6 is 0 Å². The Labute approximate surface area is 121 Å². The zero-order valence-electron chi connectivity index (χ0n) is 12.3. The smallest absolute Gasteiger partial charge is 0.240 e. The van der Waals surface area contributed by atoms with Crippen LogP contribution in [-0.2, 0) is 14.8 Å². The molecule has 0 saturated carbocycles. The van der Waals surface area contributed by atoms with Crippen molar-refractivity contribution >= 4 is 15.7 Å².